The monoisotopic (exact) mass is 612 g/mol. The maximum atomic E-state index is 12.2. The van der Waals surface area contributed by atoms with Gasteiger partial charge in [0.1, 0.15) is 0 Å². The van der Waals surface area contributed by atoms with E-state index in [0.717, 1.165) is 25.7 Å². The summed E-state index contributed by atoms with van der Waals surface area (Å²) in [6, 6.07) is 13.2. The van der Waals surface area contributed by atoms with Gasteiger partial charge >= 0.3 is 23.9 Å². The van der Waals surface area contributed by atoms with E-state index >= 15 is 0 Å². The lowest BCUT2D eigenvalue weighted by Gasteiger charge is -2.11. The van der Waals surface area contributed by atoms with Gasteiger partial charge < -0.3 is 18.9 Å². The summed E-state index contributed by atoms with van der Waals surface area (Å²) in [7, 11) is 0. The van der Waals surface area contributed by atoms with Gasteiger partial charge in [-0.15, -0.1) is 0 Å². The normalized spacial score (nSPS) is 10.5. The van der Waals surface area contributed by atoms with E-state index in [1.54, 1.807) is 48.5 Å². The lowest BCUT2D eigenvalue weighted by molar-refractivity contribution is 0.0412. The van der Waals surface area contributed by atoms with E-state index in [1.165, 1.54) is 25.7 Å². The quantitative estimate of drug-likeness (QED) is 0.0938. The van der Waals surface area contributed by atoms with Crippen LogP contribution < -0.4 is 0 Å². The van der Waals surface area contributed by atoms with Gasteiger partial charge in [0.25, 0.3) is 0 Å². The van der Waals surface area contributed by atoms with Crippen LogP contribution in [-0.4, -0.2) is 50.3 Å². The lowest BCUT2D eigenvalue weighted by Crippen LogP contribution is -2.17. The van der Waals surface area contributed by atoms with Crippen molar-refractivity contribution in [2.45, 2.75) is 92.9 Å². The molecule has 0 atom stereocenters. The number of hydrogen-bond donors (Lipinski definition) is 0. The van der Waals surface area contributed by atoms with Crippen LogP contribution in [0.15, 0.2) is 48.5 Å². The topological polar surface area (TPSA) is 105 Å². The molecule has 0 radical (unpaired) electrons. The van der Waals surface area contributed by atoms with Gasteiger partial charge in [-0.1, -0.05) is 104 Å². The van der Waals surface area contributed by atoms with Crippen molar-refractivity contribution >= 4 is 23.9 Å². The standard InChI is InChI=1S/C20H30O4.C16H22O4/c1-3-5-7-8-9-12-16-24-20(22)18-14-11-10-13-17(18)19(21)23-15-6-4-2;1-11(2)9-19-15(17)13-7-5-6-8-14(13)16(18)20-10-12(3)4/h10-11,13-14H,3-9,12,15-16H2,1-2H3;5-8,11-12H,9-10H2,1-4H3. The molecule has 0 saturated carbocycles. The highest BCUT2D eigenvalue weighted by molar-refractivity contribution is 6.03. The summed E-state index contributed by atoms with van der Waals surface area (Å²) in [6.07, 6.45) is 8.58. The van der Waals surface area contributed by atoms with E-state index in [9.17, 15) is 19.2 Å². The van der Waals surface area contributed by atoms with Crippen LogP contribution in [-0.2, 0) is 18.9 Å². The molecule has 0 spiro atoms. The second-order valence-corrected chi connectivity index (χ2v) is 11.5. The highest BCUT2D eigenvalue weighted by atomic mass is 16.5. The number of carbonyl (C=O) groups is 4. The molecule has 8 heteroatoms. The van der Waals surface area contributed by atoms with E-state index in [2.05, 4.69) is 6.92 Å². The molecular weight excluding hydrogens is 560 g/mol. The van der Waals surface area contributed by atoms with E-state index < -0.39 is 23.9 Å². The van der Waals surface area contributed by atoms with Crippen LogP contribution in [0.1, 0.15) is 134 Å². The first-order valence-electron chi connectivity index (χ1n) is 16.0. The summed E-state index contributed by atoms with van der Waals surface area (Å²) in [5.41, 5.74) is 1.07. The van der Waals surface area contributed by atoms with Crippen molar-refractivity contribution in [1.29, 1.82) is 0 Å². The van der Waals surface area contributed by atoms with Crippen molar-refractivity contribution in [1.82, 2.24) is 0 Å². The Balaban J connectivity index is 0.000000447. The number of rotatable bonds is 18. The first-order chi connectivity index (χ1) is 21.1. The molecule has 0 unspecified atom stereocenters. The molecule has 2 rings (SSSR count). The Kier molecular flexibility index (Phi) is 19.9. The molecule has 0 amide bonds. The molecule has 0 aliphatic heterocycles. The second-order valence-electron chi connectivity index (χ2n) is 11.5. The van der Waals surface area contributed by atoms with Crippen LogP contribution in [0.25, 0.3) is 0 Å². The average molecular weight is 613 g/mol. The first kappa shape index (κ1) is 38.3. The summed E-state index contributed by atoms with van der Waals surface area (Å²) in [6.45, 7) is 13.5. The third kappa shape index (κ3) is 15.7. The second kappa shape index (κ2) is 22.8. The van der Waals surface area contributed by atoms with Crippen LogP contribution in [0.5, 0.6) is 0 Å². The lowest BCUT2D eigenvalue weighted by atomic mass is 10.1. The zero-order valence-corrected chi connectivity index (χ0v) is 27.5. The average Bonchev–Trinajstić information content (AvgIpc) is 3.02. The van der Waals surface area contributed by atoms with E-state index in [-0.39, 0.29) is 34.1 Å². The number of esters is 4. The summed E-state index contributed by atoms with van der Waals surface area (Å²) in [5.74, 6) is -1.40. The van der Waals surface area contributed by atoms with Crippen molar-refractivity contribution < 1.29 is 38.1 Å². The molecule has 0 heterocycles. The van der Waals surface area contributed by atoms with Crippen molar-refractivity contribution in [2.75, 3.05) is 26.4 Å². The third-order valence-corrected chi connectivity index (χ3v) is 6.29. The third-order valence-electron chi connectivity index (χ3n) is 6.29. The highest BCUT2D eigenvalue weighted by Gasteiger charge is 2.20. The maximum Gasteiger partial charge on any atom is 0.339 e. The Hall–Kier alpha value is -3.68. The molecular formula is C36H52O8. The molecule has 0 bridgehead atoms. The summed E-state index contributed by atoms with van der Waals surface area (Å²) >= 11 is 0. The Bertz CT molecular complexity index is 1100. The predicted octanol–water partition coefficient (Wildman–Crippen LogP) is 8.47. The largest absolute Gasteiger partial charge is 0.462 e. The molecule has 0 aromatic heterocycles. The molecule has 0 aliphatic carbocycles. The molecule has 0 aliphatic rings. The van der Waals surface area contributed by atoms with Crippen LogP contribution in [0, 0.1) is 11.8 Å². The Labute approximate surface area is 263 Å². The maximum absolute atomic E-state index is 12.2. The highest BCUT2D eigenvalue weighted by Crippen LogP contribution is 2.15. The molecule has 44 heavy (non-hydrogen) atoms. The molecule has 8 nitrogen and oxygen atoms in total. The van der Waals surface area contributed by atoms with Gasteiger partial charge in [-0.2, -0.15) is 0 Å². The van der Waals surface area contributed by atoms with Gasteiger partial charge in [-0.3, -0.25) is 0 Å². The van der Waals surface area contributed by atoms with Crippen molar-refractivity contribution in [2.24, 2.45) is 11.8 Å². The fourth-order valence-electron chi connectivity index (χ4n) is 3.83. The molecule has 0 N–H and O–H groups in total. The number of carbonyl (C=O) groups excluding carboxylic acids is 4. The van der Waals surface area contributed by atoms with E-state index in [1.807, 2.05) is 34.6 Å². The van der Waals surface area contributed by atoms with Gasteiger partial charge in [-0.25, -0.2) is 19.2 Å². The van der Waals surface area contributed by atoms with Gasteiger partial charge in [0.2, 0.25) is 0 Å². The molecule has 0 saturated heterocycles. The SMILES string of the molecule is CC(C)COC(=O)c1ccccc1C(=O)OCC(C)C.CCCCCCCCOC(=O)c1ccccc1C(=O)OCCCC. The van der Waals surface area contributed by atoms with Crippen molar-refractivity contribution in [3.05, 3.63) is 70.8 Å². The molecule has 0 fully saturated rings. The number of benzene rings is 2. The van der Waals surface area contributed by atoms with Crippen LogP contribution >= 0.6 is 0 Å². The van der Waals surface area contributed by atoms with Crippen LogP contribution in [0.2, 0.25) is 0 Å². The van der Waals surface area contributed by atoms with E-state index in [4.69, 9.17) is 18.9 Å². The molecule has 2 aromatic carbocycles. The summed E-state index contributed by atoms with van der Waals surface area (Å²) in [4.78, 5) is 48.3. The van der Waals surface area contributed by atoms with Crippen LogP contribution in [0.3, 0.4) is 0 Å². The fraction of sp³-hybridized carbons (Fsp3) is 0.556. The van der Waals surface area contributed by atoms with Crippen LogP contribution in [0.4, 0.5) is 0 Å². The number of unbranched alkanes of at least 4 members (excludes halogenated alkanes) is 6. The smallest absolute Gasteiger partial charge is 0.339 e. The fourth-order valence-corrected chi connectivity index (χ4v) is 3.83. The number of hydrogen-bond acceptors (Lipinski definition) is 8. The van der Waals surface area contributed by atoms with E-state index in [0.29, 0.717) is 26.4 Å². The summed E-state index contributed by atoms with van der Waals surface area (Å²) in [5, 5.41) is 0. The van der Waals surface area contributed by atoms with Gasteiger partial charge in [-0.05, 0) is 48.9 Å². The molecule has 2 aromatic rings. The minimum Gasteiger partial charge on any atom is -0.462 e. The Morgan fingerprint density at radius 1 is 0.477 bits per heavy atom. The van der Waals surface area contributed by atoms with Crippen molar-refractivity contribution in [3.8, 4) is 0 Å². The Morgan fingerprint density at radius 2 is 0.795 bits per heavy atom. The zero-order valence-electron chi connectivity index (χ0n) is 27.5. The molecule has 244 valence electrons. The Morgan fingerprint density at radius 3 is 1.16 bits per heavy atom. The van der Waals surface area contributed by atoms with Gasteiger partial charge in [0, 0.05) is 0 Å². The van der Waals surface area contributed by atoms with Gasteiger partial charge in [0.15, 0.2) is 0 Å². The minimum atomic E-state index is -0.490. The predicted molar refractivity (Wildman–Crippen MR) is 172 cm³/mol. The van der Waals surface area contributed by atoms with Crippen molar-refractivity contribution in [3.63, 3.8) is 0 Å². The summed E-state index contributed by atoms with van der Waals surface area (Å²) < 4.78 is 20.8. The zero-order chi connectivity index (χ0) is 32.7. The first-order valence-corrected chi connectivity index (χ1v) is 16.0. The van der Waals surface area contributed by atoms with Gasteiger partial charge in [0.05, 0.1) is 48.7 Å². The minimum absolute atomic E-state index is 0.249. The number of ether oxygens (including phenoxy) is 4.